The molecule has 0 aromatic heterocycles. The van der Waals surface area contributed by atoms with E-state index in [-0.39, 0.29) is 6.10 Å². The standard InChI is InChI=1S/C17H30N2O/c1-4-5-6-7-8-9-13-19-15-11-10-12-16(17(15)18)20-14(2)3/h10-12,14,19H,4-9,13,18H2,1-3H3. The molecule has 0 aliphatic rings. The Labute approximate surface area is 123 Å². The molecule has 0 spiro atoms. The summed E-state index contributed by atoms with van der Waals surface area (Å²) in [5, 5.41) is 3.41. The summed E-state index contributed by atoms with van der Waals surface area (Å²) in [6.07, 6.45) is 7.98. The predicted molar refractivity (Wildman–Crippen MR) is 88.5 cm³/mol. The highest BCUT2D eigenvalue weighted by atomic mass is 16.5. The third kappa shape index (κ3) is 6.18. The largest absolute Gasteiger partial charge is 0.489 e. The van der Waals surface area contributed by atoms with Crippen LogP contribution < -0.4 is 15.8 Å². The number of nitrogen functional groups attached to an aromatic ring is 1. The van der Waals surface area contributed by atoms with Gasteiger partial charge >= 0.3 is 0 Å². The maximum absolute atomic E-state index is 6.12. The first kappa shape index (κ1) is 16.7. The molecule has 0 unspecified atom stereocenters. The minimum Gasteiger partial charge on any atom is -0.489 e. The van der Waals surface area contributed by atoms with Gasteiger partial charge in [0.2, 0.25) is 0 Å². The summed E-state index contributed by atoms with van der Waals surface area (Å²) >= 11 is 0. The van der Waals surface area contributed by atoms with Crippen LogP contribution in [0.1, 0.15) is 59.3 Å². The number of para-hydroxylation sites is 1. The summed E-state index contributed by atoms with van der Waals surface area (Å²) in [4.78, 5) is 0. The highest BCUT2D eigenvalue weighted by Crippen LogP contribution is 2.30. The number of hydrogen-bond donors (Lipinski definition) is 2. The van der Waals surface area contributed by atoms with E-state index in [1.807, 2.05) is 32.0 Å². The quantitative estimate of drug-likeness (QED) is 0.476. The summed E-state index contributed by atoms with van der Waals surface area (Å²) in [5.41, 5.74) is 7.82. The molecular formula is C17H30N2O. The number of nitrogens with one attached hydrogen (secondary N) is 1. The average molecular weight is 278 g/mol. The average Bonchev–Trinajstić information content (AvgIpc) is 2.41. The zero-order valence-electron chi connectivity index (χ0n) is 13.2. The van der Waals surface area contributed by atoms with Crippen molar-refractivity contribution in [1.82, 2.24) is 0 Å². The van der Waals surface area contributed by atoms with Crippen LogP contribution in [-0.2, 0) is 0 Å². The molecule has 114 valence electrons. The zero-order chi connectivity index (χ0) is 14.8. The topological polar surface area (TPSA) is 47.3 Å². The Morgan fingerprint density at radius 2 is 1.80 bits per heavy atom. The highest BCUT2D eigenvalue weighted by Gasteiger charge is 2.06. The highest BCUT2D eigenvalue weighted by molar-refractivity contribution is 5.72. The van der Waals surface area contributed by atoms with Crippen LogP contribution in [-0.4, -0.2) is 12.6 Å². The summed E-state index contributed by atoms with van der Waals surface area (Å²) < 4.78 is 5.69. The second kappa shape index (κ2) is 9.51. The first-order valence-corrected chi connectivity index (χ1v) is 7.94. The van der Waals surface area contributed by atoms with Crippen LogP contribution in [0.5, 0.6) is 5.75 Å². The predicted octanol–water partition coefficient (Wildman–Crippen LogP) is 4.83. The number of nitrogens with two attached hydrogens (primary N) is 1. The fourth-order valence-corrected chi connectivity index (χ4v) is 2.18. The van der Waals surface area contributed by atoms with Crippen LogP contribution in [0.2, 0.25) is 0 Å². The molecule has 1 rings (SSSR count). The number of ether oxygens (including phenoxy) is 1. The molecule has 3 N–H and O–H groups in total. The normalized spacial score (nSPS) is 10.8. The van der Waals surface area contributed by atoms with Crippen molar-refractivity contribution in [3.8, 4) is 5.75 Å². The van der Waals surface area contributed by atoms with Crippen molar-refractivity contribution in [2.75, 3.05) is 17.6 Å². The first-order valence-electron chi connectivity index (χ1n) is 7.94. The molecule has 0 aliphatic carbocycles. The Hall–Kier alpha value is -1.38. The lowest BCUT2D eigenvalue weighted by Gasteiger charge is -2.15. The molecule has 1 aromatic carbocycles. The van der Waals surface area contributed by atoms with Crippen LogP contribution >= 0.6 is 0 Å². The second-order valence-electron chi connectivity index (χ2n) is 5.58. The van der Waals surface area contributed by atoms with Gasteiger partial charge in [0, 0.05) is 6.54 Å². The van der Waals surface area contributed by atoms with Crippen molar-refractivity contribution in [3.63, 3.8) is 0 Å². The van der Waals surface area contributed by atoms with Crippen LogP contribution in [0.15, 0.2) is 18.2 Å². The summed E-state index contributed by atoms with van der Waals surface area (Å²) in [7, 11) is 0. The minimum atomic E-state index is 0.145. The van der Waals surface area contributed by atoms with Crippen LogP contribution in [0, 0.1) is 0 Å². The lowest BCUT2D eigenvalue weighted by molar-refractivity contribution is 0.244. The third-order valence-electron chi connectivity index (χ3n) is 3.27. The Balaban J connectivity index is 2.33. The molecule has 1 aromatic rings. The van der Waals surface area contributed by atoms with E-state index in [9.17, 15) is 0 Å². The fraction of sp³-hybridized carbons (Fsp3) is 0.647. The van der Waals surface area contributed by atoms with Gasteiger partial charge in [0.15, 0.2) is 0 Å². The van der Waals surface area contributed by atoms with Gasteiger partial charge in [0.05, 0.1) is 17.5 Å². The molecule has 0 aliphatic heterocycles. The third-order valence-corrected chi connectivity index (χ3v) is 3.27. The van der Waals surface area contributed by atoms with Gasteiger partial charge in [-0.1, -0.05) is 45.1 Å². The second-order valence-corrected chi connectivity index (χ2v) is 5.58. The van der Waals surface area contributed by atoms with Crippen LogP contribution in [0.3, 0.4) is 0 Å². The summed E-state index contributed by atoms with van der Waals surface area (Å²) in [6.45, 7) is 7.24. The molecule has 0 amide bonds. The lowest BCUT2D eigenvalue weighted by atomic mass is 10.1. The van der Waals surface area contributed by atoms with E-state index in [4.69, 9.17) is 10.5 Å². The molecule has 0 saturated heterocycles. The van der Waals surface area contributed by atoms with Crippen molar-refractivity contribution in [1.29, 1.82) is 0 Å². The van der Waals surface area contributed by atoms with Gasteiger partial charge in [0.25, 0.3) is 0 Å². The number of anilines is 2. The smallest absolute Gasteiger partial charge is 0.144 e. The minimum absolute atomic E-state index is 0.145. The van der Waals surface area contributed by atoms with Gasteiger partial charge in [-0.2, -0.15) is 0 Å². The molecule has 3 heteroatoms. The van der Waals surface area contributed by atoms with Crippen molar-refractivity contribution in [2.45, 2.75) is 65.4 Å². The van der Waals surface area contributed by atoms with Gasteiger partial charge in [-0.3, -0.25) is 0 Å². The van der Waals surface area contributed by atoms with E-state index in [1.165, 1.54) is 38.5 Å². The molecule has 0 saturated carbocycles. The van der Waals surface area contributed by atoms with Gasteiger partial charge in [-0.05, 0) is 32.4 Å². The fourth-order valence-electron chi connectivity index (χ4n) is 2.18. The van der Waals surface area contributed by atoms with E-state index < -0.39 is 0 Å². The van der Waals surface area contributed by atoms with Gasteiger partial charge in [-0.25, -0.2) is 0 Å². The SMILES string of the molecule is CCCCCCCCNc1cccc(OC(C)C)c1N. The van der Waals surface area contributed by atoms with E-state index in [0.29, 0.717) is 5.69 Å². The van der Waals surface area contributed by atoms with E-state index in [1.54, 1.807) is 0 Å². The number of unbranched alkanes of at least 4 members (excludes halogenated alkanes) is 5. The molecular weight excluding hydrogens is 248 g/mol. The van der Waals surface area contributed by atoms with E-state index in [0.717, 1.165) is 18.0 Å². The number of rotatable bonds is 10. The summed E-state index contributed by atoms with van der Waals surface area (Å²) in [6, 6.07) is 5.92. The van der Waals surface area contributed by atoms with Gasteiger partial charge in [0.1, 0.15) is 5.75 Å². The molecule has 0 atom stereocenters. The molecule has 0 bridgehead atoms. The van der Waals surface area contributed by atoms with Crippen molar-refractivity contribution in [2.24, 2.45) is 0 Å². The maximum Gasteiger partial charge on any atom is 0.144 e. The lowest BCUT2D eigenvalue weighted by Crippen LogP contribution is -2.09. The molecule has 0 heterocycles. The monoisotopic (exact) mass is 278 g/mol. The summed E-state index contributed by atoms with van der Waals surface area (Å²) in [5.74, 6) is 0.771. The Bertz CT molecular complexity index is 377. The Morgan fingerprint density at radius 1 is 1.10 bits per heavy atom. The molecule has 20 heavy (non-hydrogen) atoms. The van der Waals surface area contributed by atoms with E-state index >= 15 is 0 Å². The zero-order valence-corrected chi connectivity index (χ0v) is 13.2. The Kier molecular flexibility index (Phi) is 7.93. The molecule has 3 nitrogen and oxygen atoms in total. The van der Waals surface area contributed by atoms with Crippen molar-refractivity contribution >= 4 is 11.4 Å². The van der Waals surface area contributed by atoms with Crippen molar-refractivity contribution < 1.29 is 4.74 Å². The first-order chi connectivity index (χ1) is 9.65. The number of benzene rings is 1. The number of hydrogen-bond acceptors (Lipinski definition) is 3. The van der Waals surface area contributed by atoms with E-state index in [2.05, 4.69) is 12.2 Å². The van der Waals surface area contributed by atoms with Crippen LogP contribution in [0.25, 0.3) is 0 Å². The maximum atomic E-state index is 6.12. The van der Waals surface area contributed by atoms with Gasteiger partial charge < -0.3 is 15.8 Å². The molecule has 0 fully saturated rings. The van der Waals surface area contributed by atoms with Crippen LogP contribution in [0.4, 0.5) is 11.4 Å². The molecule has 0 radical (unpaired) electrons. The Morgan fingerprint density at radius 3 is 2.50 bits per heavy atom. The van der Waals surface area contributed by atoms with Gasteiger partial charge in [-0.15, -0.1) is 0 Å². The van der Waals surface area contributed by atoms with Crippen molar-refractivity contribution in [3.05, 3.63) is 18.2 Å².